The number of hydrogen-bond acceptors (Lipinski definition) is 2. The molecule has 0 aliphatic rings. The van der Waals surface area contributed by atoms with Crippen LogP contribution < -0.4 is 4.57 Å². The van der Waals surface area contributed by atoms with Crippen molar-refractivity contribution in [1.29, 1.82) is 5.26 Å². The van der Waals surface area contributed by atoms with Gasteiger partial charge in [0.1, 0.15) is 18.2 Å². The zero-order valence-corrected chi connectivity index (χ0v) is 19.9. The summed E-state index contributed by atoms with van der Waals surface area (Å²) >= 11 is 0. The van der Waals surface area contributed by atoms with Crippen LogP contribution in [0.25, 0.3) is 55.4 Å². The summed E-state index contributed by atoms with van der Waals surface area (Å²) < 4.78 is 22.2. The fourth-order valence-electron chi connectivity index (χ4n) is 4.99. The summed E-state index contributed by atoms with van der Waals surface area (Å²) in [5.74, 6) is -0.296. The molecule has 2 heterocycles. The van der Waals surface area contributed by atoms with E-state index in [2.05, 4.69) is 42.5 Å². The van der Waals surface area contributed by atoms with Crippen molar-refractivity contribution in [2.45, 2.75) is 6.92 Å². The first kappa shape index (κ1) is 21.8. The highest BCUT2D eigenvalue weighted by Crippen LogP contribution is 2.42. The van der Waals surface area contributed by atoms with Crippen molar-refractivity contribution >= 4 is 21.9 Å². The molecule has 36 heavy (non-hydrogen) atoms. The topological polar surface area (TPSA) is 40.8 Å². The maximum atomic E-state index is 13.8. The Balaban J connectivity index is 1.61. The fourth-order valence-corrected chi connectivity index (χ4v) is 4.99. The minimum Gasteiger partial charge on any atom is -0.454 e. The van der Waals surface area contributed by atoms with Crippen LogP contribution in [0.2, 0.25) is 0 Å². The van der Waals surface area contributed by atoms with Crippen molar-refractivity contribution in [2.75, 3.05) is 0 Å². The number of benzene rings is 4. The lowest BCUT2D eigenvalue weighted by Gasteiger charge is -2.07. The van der Waals surface area contributed by atoms with Gasteiger partial charge in [0.15, 0.2) is 5.82 Å². The Labute approximate surface area is 208 Å². The molecule has 4 aromatic carbocycles. The Hall–Kier alpha value is -4.75. The molecule has 3 nitrogen and oxygen atoms in total. The van der Waals surface area contributed by atoms with Crippen molar-refractivity contribution in [1.82, 2.24) is 0 Å². The van der Waals surface area contributed by atoms with Gasteiger partial charge in [0.05, 0.1) is 17.2 Å². The number of furan rings is 1. The highest BCUT2D eigenvalue weighted by molar-refractivity contribution is 6.14. The molecule has 4 heteroatoms. The second-order valence-electron chi connectivity index (χ2n) is 9.00. The molecule has 2 aromatic heterocycles. The summed E-state index contributed by atoms with van der Waals surface area (Å²) in [4.78, 5) is 0. The Morgan fingerprint density at radius 1 is 0.722 bits per heavy atom. The average molecular weight is 470 g/mol. The maximum Gasteiger partial charge on any atom is 0.216 e. The van der Waals surface area contributed by atoms with E-state index in [1.54, 1.807) is 10.6 Å². The molecule has 0 radical (unpaired) electrons. The van der Waals surface area contributed by atoms with E-state index in [0.29, 0.717) is 11.1 Å². The van der Waals surface area contributed by atoms with Crippen molar-refractivity contribution in [3.63, 3.8) is 0 Å². The van der Waals surface area contributed by atoms with E-state index in [9.17, 15) is 9.65 Å². The normalized spacial score (nSPS) is 11.2. The predicted molar refractivity (Wildman–Crippen MR) is 141 cm³/mol. The van der Waals surface area contributed by atoms with Gasteiger partial charge >= 0.3 is 0 Å². The molecule has 6 aromatic rings. The van der Waals surface area contributed by atoms with Gasteiger partial charge in [-0.25, -0.2) is 4.39 Å². The molecule has 0 atom stereocenters. The monoisotopic (exact) mass is 469 g/mol. The minimum atomic E-state index is -0.296. The van der Waals surface area contributed by atoms with Crippen LogP contribution in [0.15, 0.2) is 102 Å². The largest absolute Gasteiger partial charge is 0.454 e. The van der Waals surface area contributed by atoms with Crippen LogP contribution in [-0.2, 0) is 7.05 Å². The summed E-state index contributed by atoms with van der Waals surface area (Å²) in [5, 5.41) is 11.9. The van der Waals surface area contributed by atoms with E-state index in [4.69, 9.17) is 4.42 Å². The predicted octanol–water partition coefficient (Wildman–Crippen LogP) is 7.73. The van der Waals surface area contributed by atoms with Gasteiger partial charge in [0.2, 0.25) is 11.9 Å². The van der Waals surface area contributed by atoms with Gasteiger partial charge in [-0.1, -0.05) is 66.7 Å². The first-order valence-corrected chi connectivity index (χ1v) is 11.8. The first-order chi connectivity index (χ1) is 17.5. The van der Waals surface area contributed by atoms with Crippen molar-refractivity contribution < 1.29 is 13.4 Å². The summed E-state index contributed by atoms with van der Waals surface area (Å²) in [5.41, 5.74) is 8.69. The van der Waals surface area contributed by atoms with E-state index in [0.717, 1.165) is 55.4 Å². The van der Waals surface area contributed by atoms with Gasteiger partial charge in [0, 0.05) is 22.4 Å². The van der Waals surface area contributed by atoms with Crippen LogP contribution in [0, 0.1) is 24.1 Å². The third kappa shape index (κ3) is 3.45. The summed E-state index contributed by atoms with van der Waals surface area (Å²) in [6.45, 7) is 2.02. The number of aryl methyl sites for hydroxylation is 2. The first-order valence-electron chi connectivity index (χ1n) is 11.8. The summed E-state index contributed by atoms with van der Waals surface area (Å²) in [6, 6.07) is 31.9. The van der Waals surface area contributed by atoms with Crippen LogP contribution >= 0.6 is 0 Å². The number of hydrogen-bond donors (Lipinski definition) is 0. The second-order valence-corrected chi connectivity index (χ2v) is 9.00. The smallest absolute Gasteiger partial charge is 0.216 e. The lowest BCUT2D eigenvalue weighted by Crippen LogP contribution is -2.31. The van der Waals surface area contributed by atoms with Gasteiger partial charge in [0.25, 0.3) is 0 Å². The SMILES string of the molecule is Cc1ccc2c(oc3c(-c4ccc(-c5ccccc5)cc4)c(C#N)ccc32)c1-c1ccc(F)c[n+]1C. The summed E-state index contributed by atoms with van der Waals surface area (Å²) in [7, 11) is 1.83. The molecule has 0 fully saturated rings. The number of nitrogens with zero attached hydrogens (tertiary/aromatic N) is 2. The van der Waals surface area contributed by atoms with Crippen LogP contribution in [0.1, 0.15) is 11.1 Å². The third-order valence-electron chi connectivity index (χ3n) is 6.77. The molecule has 172 valence electrons. The fraction of sp³-hybridized carbons (Fsp3) is 0.0625. The van der Waals surface area contributed by atoms with E-state index >= 15 is 0 Å². The third-order valence-corrected chi connectivity index (χ3v) is 6.77. The molecular formula is C32H22FN2O+. The molecule has 6 rings (SSSR count). The molecule has 0 bridgehead atoms. The van der Waals surface area contributed by atoms with Crippen molar-refractivity contribution in [3.8, 4) is 39.6 Å². The number of halogens is 1. The van der Waals surface area contributed by atoms with E-state index in [1.807, 2.05) is 56.4 Å². The Bertz CT molecular complexity index is 1810. The standard InChI is InChI=1S/C32H22FN2O/c1-20-8-15-26-27-16-13-24(18-34)30(23-11-9-22(10-12-23)21-6-4-3-5-7-21)32(27)36-31(26)29(20)28-17-14-25(33)19-35(28)2/h3-17,19H,1-2H3/q+1. The zero-order chi connectivity index (χ0) is 24.8. The molecule has 0 spiro atoms. The Morgan fingerprint density at radius 3 is 2.06 bits per heavy atom. The molecular weight excluding hydrogens is 447 g/mol. The van der Waals surface area contributed by atoms with Crippen molar-refractivity contribution in [3.05, 3.63) is 114 Å². The van der Waals surface area contributed by atoms with Gasteiger partial charge < -0.3 is 4.42 Å². The Morgan fingerprint density at radius 2 is 1.36 bits per heavy atom. The molecule has 0 amide bonds. The number of nitriles is 1. The highest BCUT2D eigenvalue weighted by Gasteiger charge is 2.23. The van der Waals surface area contributed by atoms with Crippen molar-refractivity contribution in [2.24, 2.45) is 7.05 Å². The number of pyridine rings is 1. The van der Waals surface area contributed by atoms with E-state index in [1.165, 1.54) is 12.3 Å². The second kappa shape index (κ2) is 8.48. The van der Waals surface area contributed by atoms with Gasteiger partial charge in [-0.05, 0) is 47.4 Å². The highest BCUT2D eigenvalue weighted by atomic mass is 19.1. The van der Waals surface area contributed by atoms with Crippen LogP contribution in [-0.4, -0.2) is 0 Å². The lowest BCUT2D eigenvalue weighted by molar-refractivity contribution is -0.661. The minimum absolute atomic E-state index is 0.296. The zero-order valence-electron chi connectivity index (χ0n) is 19.9. The summed E-state index contributed by atoms with van der Waals surface area (Å²) in [6.07, 6.45) is 1.46. The van der Waals surface area contributed by atoms with Crippen LogP contribution in [0.4, 0.5) is 4.39 Å². The molecule has 0 N–H and O–H groups in total. The quantitative estimate of drug-likeness (QED) is 0.249. The molecule has 0 aliphatic carbocycles. The maximum absolute atomic E-state index is 13.8. The number of fused-ring (bicyclic) bond motifs is 3. The van der Waals surface area contributed by atoms with Gasteiger partial charge in [-0.3, -0.25) is 0 Å². The van der Waals surface area contributed by atoms with Gasteiger partial charge in [-0.2, -0.15) is 9.83 Å². The van der Waals surface area contributed by atoms with E-state index in [-0.39, 0.29) is 5.82 Å². The molecule has 0 aliphatic heterocycles. The van der Waals surface area contributed by atoms with E-state index < -0.39 is 0 Å². The average Bonchev–Trinajstić information content (AvgIpc) is 3.28. The Kier molecular flexibility index (Phi) is 5.13. The molecule has 0 saturated carbocycles. The molecule has 0 unspecified atom stereocenters. The number of rotatable bonds is 3. The molecule has 0 saturated heterocycles. The number of aromatic nitrogens is 1. The van der Waals surface area contributed by atoms with Gasteiger partial charge in [-0.15, -0.1) is 0 Å². The van der Waals surface area contributed by atoms with Crippen LogP contribution in [0.5, 0.6) is 0 Å². The lowest BCUT2D eigenvalue weighted by atomic mass is 9.95. The van der Waals surface area contributed by atoms with Crippen LogP contribution in [0.3, 0.4) is 0 Å².